The highest BCUT2D eigenvalue weighted by Crippen LogP contribution is 2.36. The van der Waals surface area contributed by atoms with Crippen LogP contribution in [-0.2, 0) is 6.42 Å². The zero-order chi connectivity index (χ0) is 13.1. The van der Waals surface area contributed by atoms with Crippen molar-refractivity contribution >= 4 is 0 Å². The molecule has 0 amide bonds. The van der Waals surface area contributed by atoms with Crippen molar-refractivity contribution in [3.05, 3.63) is 29.8 Å². The maximum atomic E-state index is 13.1. The molecule has 0 radical (unpaired) electrons. The van der Waals surface area contributed by atoms with E-state index >= 15 is 0 Å². The van der Waals surface area contributed by atoms with Gasteiger partial charge in [-0.05, 0) is 24.6 Å². The molecule has 0 aromatic heterocycles. The summed E-state index contributed by atoms with van der Waals surface area (Å²) >= 11 is 0. The fourth-order valence-electron chi connectivity index (χ4n) is 1.28. The maximum absolute atomic E-state index is 13.1. The molecular weight excluding hydrogens is 236 g/mol. The van der Waals surface area contributed by atoms with Gasteiger partial charge in [0.1, 0.15) is 5.75 Å². The van der Waals surface area contributed by atoms with E-state index in [9.17, 15) is 17.6 Å². The van der Waals surface area contributed by atoms with Crippen LogP contribution in [0.4, 0.5) is 17.6 Å². The number of hydrogen-bond acceptors (Lipinski definition) is 1. The Bertz CT molecular complexity index is 354. The second-order valence-corrected chi connectivity index (χ2v) is 3.85. The number of halogens is 4. The maximum Gasteiger partial charge on any atom is 0.313 e. The van der Waals surface area contributed by atoms with E-state index in [0.717, 1.165) is 0 Å². The SMILES string of the molecule is CCOc1ccc(CC(F)(F)C(C)(F)F)cc1. The first-order valence-electron chi connectivity index (χ1n) is 5.23. The van der Waals surface area contributed by atoms with Crippen LogP contribution in [0.1, 0.15) is 19.4 Å². The van der Waals surface area contributed by atoms with Crippen molar-refractivity contribution in [1.29, 1.82) is 0 Å². The van der Waals surface area contributed by atoms with Gasteiger partial charge in [-0.25, -0.2) is 8.78 Å². The Balaban J connectivity index is 2.76. The average molecular weight is 250 g/mol. The highest BCUT2D eigenvalue weighted by atomic mass is 19.3. The molecule has 0 unspecified atom stereocenters. The van der Waals surface area contributed by atoms with Crippen molar-refractivity contribution in [2.24, 2.45) is 0 Å². The predicted molar refractivity (Wildman–Crippen MR) is 56.9 cm³/mol. The van der Waals surface area contributed by atoms with E-state index in [-0.39, 0.29) is 12.5 Å². The largest absolute Gasteiger partial charge is 0.494 e. The van der Waals surface area contributed by atoms with Crippen LogP contribution >= 0.6 is 0 Å². The quantitative estimate of drug-likeness (QED) is 0.720. The molecule has 5 heteroatoms. The molecule has 1 aromatic rings. The van der Waals surface area contributed by atoms with Crippen molar-refractivity contribution in [2.45, 2.75) is 32.1 Å². The summed E-state index contributed by atoms with van der Waals surface area (Å²) in [6.45, 7) is 2.48. The highest BCUT2D eigenvalue weighted by Gasteiger charge is 2.51. The molecule has 0 aliphatic heterocycles. The summed E-state index contributed by atoms with van der Waals surface area (Å²) in [5, 5.41) is 0. The minimum atomic E-state index is -4.04. The first-order valence-corrected chi connectivity index (χ1v) is 5.23. The van der Waals surface area contributed by atoms with E-state index in [2.05, 4.69) is 0 Å². The van der Waals surface area contributed by atoms with Gasteiger partial charge in [-0.1, -0.05) is 12.1 Å². The molecule has 17 heavy (non-hydrogen) atoms. The van der Waals surface area contributed by atoms with Gasteiger partial charge in [0.15, 0.2) is 0 Å². The second-order valence-electron chi connectivity index (χ2n) is 3.85. The lowest BCUT2D eigenvalue weighted by molar-refractivity contribution is -0.196. The van der Waals surface area contributed by atoms with Crippen LogP contribution in [-0.4, -0.2) is 18.5 Å². The van der Waals surface area contributed by atoms with E-state index in [1.807, 2.05) is 0 Å². The van der Waals surface area contributed by atoms with E-state index in [0.29, 0.717) is 12.4 Å². The van der Waals surface area contributed by atoms with Gasteiger partial charge < -0.3 is 4.74 Å². The Morgan fingerprint density at radius 1 is 1.06 bits per heavy atom. The van der Waals surface area contributed by atoms with Crippen LogP contribution in [0.25, 0.3) is 0 Å². The molecule has 0 atom stereocenters. The summed E-state index contributed by atoms with van der Waals surface area (Å²) in [6.07, 6.45) is -0.983. The van der Waals surface area contributed by atoms with Crippen molar-refractivity contribution in [2.75, 3.05) is 6.61 Å². The molecule has 0 fully saturated rings. The van der Waals surface area contributed by atoms with Gasteiger partial charge in [0, 0.05) is 13.3 Å². The lowest BCUT2D eigenvalue weighted by Gasteiger charge is -2.23. The minimum absolute atomic E-state index is 0.153. The Morgan fingerprint density at radius 2 is 1.59 bits per heavy atom. The van der Waals surface area contributed by atoms with Gasteiger partial charge >= 0.3 is 11.8 Å². The molecule has 0 aliphatic rings. The molecule has 0 saturated carbocycles. The van der Waals surface area contributed by atoms with E-state index in [1.165, 1.54) is 24.3 Å². The summed E-state index contributed by atoms with van der Waals surface area (Å²) in [5.41, 5.74) is 0.153. The zero-order valence-electron chi connectivity index (χ0n) is 9.64. The average Bonchev–Trinajstić information content (AvgIpc) is 2.19. The fraction of sp³-hybridized carbons (Fsp3) is 0.500. The van der Waals surface area contributed by atoms with Crippen molar-refractivity contribution in [1.82, 2.24) is 0 Å². The highest BCUT2D eigenvalue weighted by molar-refractivity contribution is 5.28. The summed E-state index contributed by atoms with van der Waals surface area (Å²) < 4.78 is 56.5. The van der Waals surface area contributed by atoms with Crippen molar-refractivity contribution < 1.29 is 22.3 Å². The molecule has 1 aromatic carbocycles. The van der Waals surface area contributed by atoms with Crippen LogP contribution in [0.5, 0.6) is 5.75 Å². The summed E-state index contributed by atoms with van der Waals surface area (Å²) in [5.74, 6) is -7.53. The Hall–Kier alpha value is -1.26. The van der Waals surface area contributed by atoms with E-state index < -0.39 is 18.3 Å². The molecule has 96 valence electrons. The first kappa shape index (κ1) is 13.8. The van der Waals surface area contributed by atoms with Gasteiger partial charge in [0.05, 0.1) is 6.61 Å². The first-order chi connectivity index (χ1) is 7.76. The summed E-state index contributed by atoms with van der Waals surface area (Å²) in [6, 6.07) is 5.71. The van der Waals surface area contributed by atoms with E-state index in [4.69, 9.17) is 4.74 Å². The van der Waals surface area contributed by atoms with Crippen LogP contribution in [0, 0.1) is 0 Å². The van der Waals surface area contributed by atoms with Crippen LogP contribution in [0.2, 0.25) is 0 Å². The third-order valence-electron chi connectivity index (χ3n) is 2.30. The third kappa shape index (κ3) is 3.61. The molecule has 0 saturated heterocycles. The number of ether oxygens (including phenoxy) is 1. The second kappa shape index (κ2) is 4.94. The Labute approximate surface area is 97.4 Å². The van der Waals surface area contributed by atoms with E-state index in [1.54, 1.807) is 6.92 Å². The number of rotatable bonds is 5. The van der Waals surface area contributed by atoms with Gasteiger partial charge in [0.2, 0.25) is 0 Å². The smallest absolute Gasteiger partial charge is 0.313 e. The molecule has 1 nitrogen and oxygen atoms in total. The monoisotopic (exact) mass is 250 g/mol. The lowest BCUT2D eigenvalue weighted by Crippen LogP contribution is -2.39. The topological polar surface area (TPSA) is 9.23 Å². The molecule has 0 N–H and O–H groups in total. The Kier molecular flexibility index (Phi) is 4.01. The minimum Gasteiger partial charge on any atom is -0.494 e. The summed E-state index contributed by atoms with van der Waals surface area (Å²) in [4.78, 5) is 0. The van der Waals surface area contributed by atoms with Crippen LogP contribution < -0.4 is 4.74 Å². The Morgan fingerprint density at radius 3 is 2.00 bits per heavy atom. The molecule has 0 spiro atoms. The third-order valence-corrected chi connectivity index (χ3v) is 2.30. The zero-order valence-corrected chi connectivity index (χ0v) is 9.64. The summed E-state index contributed by atoms with van der Waals surface area (Å²) in [7, 11) is 0. The van der Waals surface area contributed by atoms with Gasteiger partial charge in [0.25, 0.3) is 0 Å². The normalized spacial score (nSPS) is 12.6. The van der Waals surface area contributed by atoms with Crippen molar-refractivity contribution in [3.63, 3.8) is 0 Å². The molecule has 0 aliphatic carbocycles. The lowest BCUT2D eigenvalue weighted by atomic mass is 10.0. The van der Waals surface area contributed by atoms with Crippen molar-refractivity contribution in [3.8, 4) is 5.75 Å². The molecule has 0 heterocycles. The van der Waals surface area contributed by atoms with Crippen LogP contribution in [0.3, 0.4) is 0 Å². The van der Waals surface area contributed by atoms with Gasteiger partial charge in [-0.2, -0.15) is 8.78 Å². The standard InChI is InChI=1S/C12H14F4O/c1-3-17-10-6-4-9(5-7-10)8-12(15,16)11(2,13)14/h4-7H,3,8H2,1-2H3. The number of alkyl halides is 4. The molecule has 0 bridgehead atoms. The van der Waals surface area contributed by atoms with Crippen LogP contribution in [0.15, 0.2) is 24.3 Å². The predicted octanol–water partition coefficient (Wildman–Crippen LogP) is 3.92. The van der Waals surface area contributed by atoms with Gasteiger partial charge in [-0.3, -0.25) is 0 Å². The molecule has 1 rings (SSSR count). The van der Waals surface area contributed by atoms with Gasteiger partial charge in [-0.15, -0.1) is 0 Å². The molecular formula is C12H14F4O. The number of benzene rings is 1. The number of hydrogen-bond donors (Lipinski definition) is 0. The fourth-order valence-corrected chi connectivity index (χ4v) is 1.28.